The van der Waals surface area contributed by atoms with Crippen molar-refractivity contribution in [2.45, 2.75) is 31.7 Å². The molecule has 7 nitrogen and oxygen atoms in total. The number of amides is 1. The molecule has 1 saturated heterocycles. The fourth-order valence-corrected chi connectivity index (χ4v) is 3.17. The minimum absolute atomic E-state index is 0.0310. The molecule has 0 spiro atoms. The van der Waals surface area contributed by atoms with Gasteiger partial charge in [0.05, 0.1) is 5.69 Å². The molecule has 1 aromatic rings. The summed E-state index contributed by atoms with van der Waals surface area (Å²) in [7, 11) is 0. The first-order valence-electron chi connectivity index (χ1n) is 8.11. The van der Waals surface area contributed by atoms with Crippen LogP contribution in [0.4, 0.5) is 18.9 Å². The predicted molar refractivity (Wildman–Crippen MR) is 86.4 cm³/mol. The molecule has 3 aliphatic heterocycles. The van der Waals surface area contributed by atoms with E-state index in [2.05, 4.69) is 15.8 Å². The number of hydrogen-bond acceptors (Lipinski definition) is 6. The van der Waals surface area contributed by atoms with Gasteiger partial charge in [-0.05, 0) is 19.9 Å². The Labute approximate surface area is 147 Å². The highest BCUT2D eigenvalue weighted by Crippen LogP contribution is 2.46. The van der Waals surface area contributed by atoms with Gasteiger partial charge in [-0.15, -0.1) is 0 Å². The highest BCUT2D eigenvalue weighted by Gasteiger charge is 2.43. The summed E-state index contributed by atoms with van der Waals surface area (Å²) in [6, 6.07) is 1.58. The van der Waals surface area contributed by atoms with E-state index >= 15 is 0 Å². The van der Waals surface area contributed by atoms with Crippen molar-refractivity contribution in [1.82, 2.24) is 10.7 Å². The summed E-state index contributed by atoms with van der Waals surface area (Å²) in [4.78, 5) is 13.5. The molecular formula is C16H17F3N4O3. The fraction of sp³-hybridized carbons (Fsp3) is 0.500. The van der Waals surface area contributed by atoms with Crippen molar-refractivity contribution in [3.63, 3.8) is 0 Å². The maximum Gasteiger partial charge on any atom is 0.420 e. The van der Waals surface area contributed by atoms with Crippen LogP contribution in [0.2, 0.25) is 0 Å². The molecule has 1 aromatic carbocycles. The van der Waals surface area contributed by atoms with Gasteiger partial charge < -0.3 is 19.7 Å². The lowest BCUT2D eigenvalue weighted by atomic mass is 9.99. The average molecular weight is 370 g/mol. The second kappa shape index (κ2) is 5.50. The normalized spacial score (nSPS) is 23.7. The van der Waals surface area contributed by atoms with Crippen LogP contribution < -0.4 is 25.1 Å². The van der Waals surface area contributed by atoms with E-state index in [0.29, 0.717) is 24.6 Å². The lowest BCUT2D eigenvalue weighted by Gasteiger charge is -2.41. The van der Waals surface area contributed by atoms with Crippen LogP contribution >= 0.6 is 0 Å². The summed E-state index contributed by atoms with van der Waals surface area (Å²) in [6.07, 6.45) is -4.60. The van der Waals surface area contributed by atoms with Gasteiger partial charge >= 0.3 is 6.18 Å². The smallest absolute Gasteiger partial charge is 0.420 e. The number of anilines is 1. The van der Waals surface area contributed by atoms with E-state index in [0.717, 1.165) is 6.07 Å². The number of halogens is 3. The lowest BCUT2D eigenvalue weighted by Crippen LogP contribution is -2.61. The zero-order chi connectivity index (χ0) is 18.7. The van der Waals surface area contributed by atoms with Gasteiger partial charge in [0.15, 0.2) is 5.84 Å². The van der Waals surface area contributed by atoms with E-state index in [1.807, 2.05) is 0 Å². The summed E-state index contributed by atoms with van der Waals surface area (Å²) < 4.78 is 51.7. The highest BCUT2D eigenvalue weighted by molar-refractivity contribution is 6.09. The molecule has 3 aliphatic rings. The molecule has 0 aliphatic carbocycles. The molecule has 1 amide bonds. The zero-order valence-electron chi connectivity index (χ0n) is 14.1. The van der Waals surface area contributed by atoms with Crippen LogP contribution in [-0.4, -0.2) is 43.1 Å². The van der Waals surface area contributed by atoms with E-state index < -0.39 is 23.4 Å². The molecule has 10 heteroatoms. The Kier molecular flexibility index (Phi) is 3.59. The van der Waals surface area contributed by atoms with Gasteiger partial charge in [0, 0.05) is 19.2 Å². The third kappa shape index (κ3) is 2.64. The number of fused-ring (bicyclic) bond motifs is 3. The van der Waals surface area contributed by atoms with Crippen molar-refractivity contribution in [2.24, 2.45) is 5.10 Å². The molecule has 3 heterocycles. The molecule has 4 rings (SSSR count). The molecule has 1 fully saturated rings. The van der Waals surface area contributed by atoms with Crippen LogP contribution in [0.3, 0.4) is 0 Å². The molecule has 1 unspecified atom stereocenters. The lowest BCUT2D eigenvalue weighted by molar-refractivity contribution is -0.140. The van der Waals surface area contributed by atoms with Gasteiger partial charge in [0.1, 0.15) is 35.3 Å². The zero-order valence-corrected chi connectivity index (χ0v) is 14.1. The maximum absolute atomic E-state index is 13.5. The number of rotatable bonds is 2. The number of hydrogen-bond donors (Lipinski definition) is 2. The Bertz CT molecular complexity index is 805. The molecule has 26 heavy (non-hydrogen) atoms. The van der Waals surface area contributed by atoms with Gasteiger partial charge in [-0.1, -0.05) is 0 Å². The Balaban J connectivity index is 1.83. The number of carbonyl (C=O) groups is 1. The van der Waals surface area contributed by atoms with E-state index in [1.165, 1.54) is 6.07 Å². The summed E-state index contributed by atoms with van der Waals surface area (Å²) >= 11 is 0. The van der Waals surface area contributed by atoms with Crippen LogP contribution in [0.25, 0.3) is 0 Å². The van der Waals surface area contributed by atoms with Gasteiger partial charge in [0.2, 0.25) is 0 Å². The third-order valence-electron chi connectivity index (χ3n) is 4.68. The van der Waals surface area contributed by atoms with Crippen LogP contribution in [0.1, 0.15) is 19.4 Å². The van der Waals surface area contributed by atoms with Gasteiger partial charge in [0.25, 0.3) is 5.91 Å². The van der Waals surface area contributed by atoms with Gasteiger partial charge in [-0.25, -0.2) is 5.43 Å². The van der Waals surface area contributed by atoms with Crippen molar-refractivity contribution in [2.75, 3.05) is 24.6 Å². The number of ether oxygens (including phenoxy) is 2. The number of carbonyl (C=O) groups excluding carboxylic acids is 1. The van der Waals surface area contributed by atoms with Crippen LogP contribution in [0, 0.1) is 0 Å². The molecule has 0 bridgehead atoms. The Morgan fingerprint density at radius 1 is 1.38 bits per heavy atom. The first-order chi connectivity index (χ1) is 12.2. The molecule has 0 aromatic heterocycles. The van der Waals surface area contributed by atoms with Gasteiger partial charge in [-0.3, -0.25) is 4.79 Å². The van der Waals surface area contributed by atoms with Gasteiger partial charge in [-0.2, -0.15) is 18.3 Å². The Hall–Kier alpha value is -2.49. The van der Waals surface area contributed by atoms with Crippen LogP contribution in [-0.2, 0) is 11.0 Å². The van der Waals surface area contributed by atoms with E-state index in [4.69, 9.17) is 9.47 Å². The molecule has 1 atom stereocenters. The van der Waals surface area contributed by atoms with Crippen molar-refractivity contribution in [3.05, 3.63) is 17.7 Å². The number of nitrogens with one attached hydrogen (secondary N) is 2. The Morgan fingerprint density at radius 3 is 2.73 bits per heavy atom. The largest absolute Gasteiger partial charge is 0.484 e. The molecule has 140 valence electrons. The van der Waals surface area contributed by atoms with Crippen LogP contribution in [0.15, 0.2) is 17.2 Å². The predicted octanol–water partition coefficient (Wildman–Crippen LogP) is 1.48. The highest BCUT2D eigenvalue weighted by atomic mass is 19.4. The SMILES string of the molecule is CC1C(=O)NN=C2COc3cc(C(F)(F)F)c(OC4(C)CNC4)cc3N21. The molecular weight excluding hydrogens is 353 g/mol. The van der Waals surface area contributed by atoms with Crippen molar-refractivity contribution < 1.29 is 27.4 Å². The number of benzene rings is 1. The quantitative estimate of drug-likeness (QED) is 0.825. The second-order valence-electron chi connectivity index (χ2n) is 6.81. The van der Waals surface area contributed by atoms with Crippen molar-refractivity contribution in [1.29, 1.82) is 0 Å². The van der Waals surface area contributed by atoms with E-state index in [-0.39, 0.29) is 24.0 Å². The number of amidine groups is 1. The van der Waals surface area contributed by atoms with Crippen molar-refractivity contribution in [3.8, 4) is 11.5 Å². The number of alkyl halides is 3. The minimum atomic E-state index is -4.60. The monoisotopic (exact) mass is 370 g/mol. The summed E-state index contributed by atoms with van der Waals surface area (Å²) in [5.74, 6) is -0.170. The third-order valence-corrected chi connectivity index (χ3v) is 4.68. The number of hydrazone groups is 1. The average Bonchev–Trinajstić information content (AvgIpc) is 2.54. The standard InChI is InChI=1S/C16H17F3N4O3/c1-8-14(24)22-21-13-5-25-12-3-9(16(17,18)19)11(4-10(12)23(8)13)26-15(2)6-20-7-15/h3-4,8,20H,5-7H2,1-2H3,(H,22,24). The summed E-state index contributed by atoms with van der Waals surface area (Å²) in [5, 5.41) is 6.92. The van der Waals surface area contributed by atoms with Crippen molar-refractivity contribution >= 4 is 17.4 Å². The maximum atomic E-state index is 13.5. The summed E-state index contributed by atoms with van der Waals surface area (Å²) in [6.45, 7) is 4.26. The van der Waals surface area contributed by atoms with E-state index in [1.54, 1.807) is 18.7 Å². The molecule has 2 N–H and O–H groups in total. The first-order valence-corrected chi connectivity index (χ1v) is 8.11. The number of nitrogens with zero attached hydrogens (tertiary/aromatic N) is 2. The minimum Gasteiger partial charge on any atom is -0.484 e. The first kappa shape index (κ1) is 17.0. The topological polar surface area (TPSA) is 75.2 Å². The van der Waals surface area contributed by atoms with Crippen LogP contribution in [0.5, 0.6) is 11.5 Å². The van der Waals surface area contributed by atoms with E-state index in [9.17, 15) is 18.0 Å². The Morgan fingerprint density at radius 2 is 2.12 bits per heavy atom. The molecule has 0 saturated carbocycles. The second-order valence-corrected chi connectivity index (χ2v) is 6.81. The molecule has 0 radical (unpaired) electrons. The summed E-state index contributed by atoms with van der Waals surface area (Å²) in [5.41, 5.74) is 1.09. The fourth-order valence-electron chi connectivity index (χ4n) is 3.17.